The van der Waals surface area contributed by atoms with Gasteiger partial charge in [0.15, 0.2) is 29.0 Å². The van der Waals surface area contributed by atoms with Crippen molar-refractivity contribution in [2.75, 3.05) is 11.5 Å². The summed E-state index contributed by atoms with van der Waals surface area (Å²) in [5.41, 5.74) is -2.36. The van der Waals surface area contributed by atoms with Crippen LogP contribution in [0.5, 0.6) is 0 Å². The normalized spacial score (nSPS) is 28.4. The van der Waals surface area contributed by atoms with E-state index < -0.39 is 59.1 Å². The van der Waals surface area contributed by atoms with Gasteiger partial charge in [-0.15, -0.1) is 0 Å². The van der Waals surface area contributed by atoms with E-state index in [2.05, 4.69) is 15.0 Å². The highest BCUT2D eigenvalue weighted by atomic mass is 16.8. The van der Waals surface area contributed by atoms with Crippen LogP contribution in [0.3, 0.4) is 0 Å². The van der Waals surface area contributed by atoms with Crippen molar-refractivity contribution in [2.24, 2.45) is 5.92 Å². The maximum Gasteiger partial charge on any atom is 0.425 e. The molecule has 224 valence electrons. The molecule has 3 aliphatic rings. The molecule has 2 amide bonds. The van der Waals surface area contributed by atoms with E-state index in [9.17, 15) is 14.4 Å². The molecule has 2 saturated heterocycles. The molecule has 3 fully saturated rings. The van der Waals surface area contributed by atoms with E-state index in [1.165, 1.54) is 12.7 Å². The van der Waals surface area contributed by atoms with Gasteiger partial charge in [-0.05, 0) is 68.7 Å². The topological polar surface area (TPSA) is 153 Å². The smallest absolute Gasteiger partial charge is 0.425 e. The second-order valence-electron chi connectivity index (χ2n) is 12.8. The summed E-state index contributed by atoms with van der Waals surface area (Å²) in [6.45, 7) is 15.7. The predicted octanol–water partition coefficient (Wildman–Crippen LogP) is 3.87. The third kappa shape index (κ3) is 5.35. The maximum absolute atomic E-state index is 13.3. The van der Waals surface area contributed by atoms with Gasteiger partial charge in [0.1, 0.15) is 35.3 Å². The Bertz CT molecular complexity index is 1350. The zero-order chi connectivity index (χ0) is 30.1. The number of hydrogen-bond donors (Lipinski definition) is 0. The first-order valence-electron chi connectivity index (χ1n) is 13.6. The quantitative estimate of drug-likeness (QED) is 0.384. The summed E-state index contributed by atoms with van der Waals surface area (Å²) in [7, 11) is 0. The summed E-state index contributed by atoms with van der Waals surface area (Å²) < 4.78 is 36.8. The highest BCUT2D eigenvalue weighted by Gasteiger charge is 2.76. The molecular weight excluding hydrogens is 538 g/mol. The number of fused-ring (bicyclic) bond motifs is 3. The Morgan fingerprint density at radius 2 is 1.63 bits per heavy atom. The van der Waals surface area contributed by atoms with Crippen molar-refractivity contribution >= 4 is 35.1 Å². The molecule has 2 aromatic rings. The van der Waals surface area contributed by atoms with Crippen molar-refractivity contribution in [1.82, 2.24) is 19.5 Å². The number of anilines is 1. The fourth-order valence-electron chi connectivity index (χ4n) is 5.23. The van der Waals surface area contributed by atoms with Crippen molar-refractivity contribution in [1.29, 1.82) is 0 Å². The van der Waals surface area contributed by atoms with Crippen LogP contribution in [0.1, 0.15) is 75.0 Å². The van der Waals surface area contributed by atoms with Crippen molar-refractivity contribution in [3.8, 4) is 0 Å². The Hall–Kier alpha value is -3.36. The van der Waals surface area contributed by atoms with Gasteiger partial charge >= 0.3 is 18.2 Å². The molecule has 2 aromatic heterocycles. The summed E-state index contributed by atoms with van der Waals surface area (Å²) in [4.78, 5) is 52.9. The van der Waals surface area contributed by atoms with E-state index in [1.54, 1.807) is 66.9 Å². The molecule has 0 aromatic carbocycles. The number of carbonyl (C=O) groups excluding carboxylic acids is 3. The highest BCUT2D eigenvalue weighted by molar-refractivity contribution is 6.12. The molecule has 1 saturated carbocycles. The zero-order valence-corrected chi connectivity index (χ0v) is 24.8. The van der Waals surface area contributed by atoms with Crippen LogP contribution in [0.25, 0.3) is 11.2 Å². The van der Waals surface area contributed by atoms with Gasteiger partial charge in [0, 0.05) is 0 Å². The van der Waals surface area contributed by atoms with Crippen LogP contribution in [-0.2, 0) is 33.2 Å². The molecule has 5 atom stereocenters. The average molecular weight is 576 g/mol. The standard InChI is InChI=1S/C27H37N5O9/c1-10-36-21(33)14-11-27(14)17-16(37-26(8,9)38-17)20(39-27)31-13-30-15-18(31)28-12-29-19(15)32(22(34)40-24(2,3)4)23(35)41-25(5,6)7/h12-14,16-17,20H,10-11H2,1-9H3/t14-,16+,17?,20?,27-/m1/s1. The number of nitrogens with zero attached hydrogens (tertiary/aromatic N) is 5. The number of hydrogen-bond acceptors (Lipinski definition) is 12. The first kappa shape index (κ1) is 29.1. The summed E-state index contributed by atoms with van der Waals surface area (Å²) in [5, 5.41) is 0. The van der Waals surface area contributed by atoms with Crippen molar-refractivity contribution in [3.05, 3.63) is 12.7 Å². The zero-order valence-electron chi connectivity index (χ0n) is 24.8. The molecular formula is C27H37N5O9. The van der Waals surface area contributed by atoms with Gasteiger partial charge in [-0.1, -0.05) is 0 Å². The molecule has 5 rings (SSSR count). The SMILES string of the molecule is CCOC(=O)[C@H]1C[C@@]12OC(n1cnc3c(N(C(=O)OC(C)(C)C)C(=O)OC(C)(C)C)ncnc31)[C@H]1OC(C)(C)OC12. The van der Waals surface area contributed by atoms with E-state index in [4.69, 9.17) is 28.4 Å². The molecule has 1 aliphatic carbocycles. The second-order valence-corrected chi connectivity index (χ2v) is 12.8. The third-order valence-electron chi connectivity index (χ3n) is 6.73. The lowest BCUT2D eigenvalue weighted by Crippen LogP contribution is -2.44. The number of amides is 2. The molecule has 41 heavy (non-hydrogen) atoms. The molecule has 0 bridgehead atoms. The Morgan fingerprint density at radius 1 is 1.00 bits per heavy atom. The molecule has 14 nitrogen and oxygen atoms in total. The van der Waals surface area contributed by atoms with Gasteiger partial charge < -0.3 is 28.4 Å². The van der Waals surface area contributed by atoms with Gasteiger partial charge in [-0.25, -0.2) is 24.5 Å². The fourth-order valence-corrected chi connectivity index (χ4v) is 5.23. The summed E-state index contributed by atoms with van der Waals surface area (Å²) in [6, 6.07) is 0. The molecule has 0 N–H and O–H groups in total. The van der Waals surface area contributed by atoms with E-state index in [-0.39, 0.29) is 29.6 Å². The van der Waals surface area contributed by atoms with Crippen LogP contribution < -0.4 is 4.90 Å². The minimum absolute atomic E-state index is 0.124. The van der Waals surface area contributed by atoms with Crippen molar-refractivity contribution in [3.63, 3.8) is 0 Å². The number of aromatic nitrogens is 4. The van der Waals surface area contributed by atoms with E-state index in [0.717, 1.165) is 0 Å². The van der Waals surface area contributed by atoms with E-state index in [0.29, 0.717) is 11.3 Å². The van der Waals surface area contributed by atoms with Crippen LogP contribution >= 0.6 is 0 Å². The van der Waals surface area contributed by atoms with Gasteiger partial charge in [0.2, 0.25) is 0 Å². The van der Waals surface area contributed by atoms with Gasteiger partial charge in [-0.3, -0.25) is 9.36 Å². The Morgan fingerprint density at radius 3 is 2.22 bits per heavy atom. The Kier molecular flexibility index (Phi) is 6.82. The second kappa shape index (κ2) is 9.60. The van der Waals surface area contributed by atoms with Crippen LogP contribution in [0.4, 0.5) is 15.4 Å². The average Bonchev–Trinajstić information content (AvgIpc) is 3.06. The monoisotopic (exact) mass is 575 g/mol. The Labute approximate surface area is 237 Å². The van der Waals surface area contributed by atoms with Crippen LogP contribution in [-0.4, -0.2) is 79.1 Å². The van der Waals surface area contributed by atoms with Gasteiger partial charge in [0.05, 0.1) is 18.9 Å². The molecule has 0 radical (unpaired) electrons. The highest BCUT2D eigenvalue weighted by Crippen LogP contribution is 2.62. The summed E-state index contributed by atoms with van der Waals surface area (Å²) >= 11 is 0. The number of esters is 1. The third-order valence-corrected chi connectivity index (χ3v) is 6.73. The van der Waals surface area contributed by atoms with Crippen molar-refractivity contribution in [2.45, 2.75) is 110 Å². The van der Waals surface area contributed by atoms with Crippen LogP contribution in [0.15, 0.2) is 12.7 Å². The molecule has 2 unspecified atom stereocenters. The molecule has 4 heterocycles. The first-order valence-corrected chi connectivity index (χ1v) is 13.6. The predicted molar refractivity (Wildman–Crippen MR) is 142 cm³/mol. The molecule has 2 aliphatic heterocycles. The van der Waals surface area contributed by atoms with Crippen molar-refractivity contribution < 1.29 is 42.8 Å². The Balaban J connectivity index is 1.54. The minimum atomic E-state index is -0.984. The summed E-state index contributed by atoms with van der Waals surface area (Å²) in [5.74, 6) is -1.91. The number of imide groups is 1. The van der Waals surface area contributed by atoms with Gasteiger partial charge in [0.25, 0.3) is 0 Å². The number of ether oxygens (including phenoxy) is 6. The van der Waals surface area contributed by atoms with Crippen LogP contribution in [0, 0.1) is 5.92 Å². The number of carbonyl (C=O) groups is 3. The lowest BCUT2D eigenvalue weighted by Gasteiger charge is -2.28. The van der Waals surface area contributed by atoms with E-state index in [1.807, 2.05) is 0 Å². The molecule has 14 heteroatoms. The first-order chi connectivity index (χ1) is 19.0. The number of imidazole rings is 1. The van der Waals surface area contributed by atoms with Crippen LogP contribution in [0.2, 0.25) is 0 Å². The number of rotatable bonds is 4. The largest absolute Gasteiger partial charge is 0.466 e. The molecule has 1 spiro atoms. The summed E-state index contributed by atoms with van der Waals surface area (Å²) in [6.07, 6.45) is -0.824. The maximum atomic E-state index is 13.3. The lowest BCUT2D eigenvalue weighted by atomic mass is 10.1. The minimum Gasteiger partial charge on any atom is -0.466 e. The lowest BCUT2D eigenvalue weighted by molar-refractivity contribution is -0.205. The van der Waals surface area contributed by atoms with E-state index >= 15 is 0 Å². The fraction of sp³-hybridized carbons (Fsp3) is 0.704. The van der Waals surface area contributed by atoms with Gasteiger partial charge in [-0.2, -0.15) is 4.90 Å².